The van der Waals surface area contributed by atoms with Gasteiger partial charge in [0.05, 0.1) is 0 Å². The molecule has 8 aromatic rings. The van der Waals surface area contributed by atoms with E-state index in [9.17, 15) is 0 Å². The van der Waals surface area contributed by atoms with Crippen LogP contribution in [0.15, 0.2) is 176 Å². The molecule has 212 valence electrons. The van der Waals surface area contributed by atoms with Crippen molar-refractivity contribution in [2.45, 2.75) is 6.04 Å². The van der Waals surface area contributed by atoms with Crippen LogP contribution >= 0.6 is 11.3 Å². The minimum atomic E-state index is -2.80. The summed E-state index contributed by atoms with van der Waals surface area (Å²) in [5, 5.41) is 8.31. The summed E-state index contributed by atoms with van der Waals surface area (Å²) in [6, 6.07) is 61.1. The van der Waals surface area contributed by atoms with Gasteiger partial charge in [-0.3, -0.25) is 0 Å². The van der Waals surface area contributed by atoms with Gasteiger partial charge in [0.25, 0.3) is 0 Å². The molecule has 9 rings (SSSR count). The second-order valence-electron chi connectivity index (χ2n) is 11.9. The third-order valence-corrected chi connectivity index (χ3v) is 15.8. The average Bonchev–Trinajstić information content (AvgIpc) is 3.66. The zero-order valence-electron chi connectivity index (χ0n) is 24.7. The number of benzene rings is 6. The van der Waals surface area contributed by atoms with Gasteiger partial charge in [0.2, 0.25) is 6.04 Å². The summed E-state index contributed by atoms with van der Waals surface area (Å²) >= 11 is 1.94. The van der Waals surface area contributed by atoms with Crippen LogP contribution in [0.4, 0.5) is 0 Å². The highest BCUT2D eigenvalue weighted by Gasteiger charge is 2.45. The number of hydrogen-bond donors (Lipinski definition) is 0. The number of rotatable bonds is 5. The Kier molecular flexibility index (Phi) is 6.15. The first kappa shape index (κ1) is 26.3. The standard InChI is InChI=1S/C42H30NSSi/c1-3-15-30(16-4-1)45(31-17-5-2-6-18-31,40-27-13-25-38-35-22-11-12-26-39(35)44-42(38)40)32-19-14-28-43(29-32)41-36-23-9-7-20-33(36)34-21-8-10-24-37(34)41/h1-29,41H/q+1. The predicted molar refractivity (Wildman–Crippen MR) is 192 cm³/mol. The number of hydrogen-bond acceptors (Lipinski definition) is 1. The molecule has 0 fully saturated rings. The van der Waals surface area contributed by atoms with E-state index in [4.69, 9.17) is 0 Å². The maximum atomic E-state index is 2.47. The van der Waals surface area contributed by atoms with Gasteiger partial charge in [-0.2, -0.15) is 4.57 Å². The first-order chi connectivity index (χ1) is 22.3. The van der Waals surface area contributed by atoms with Crippen LogP contribution in [0.2, 0.25) is 0 Å². The van der Waals surface area contributed by atoms with Crippen LogP contribution in [0, 0.1) is 0 Å². The van der Waals surface area contributed by atoms with Crippen LogP contribution in [0.1, 0.15) is 17.2 Å². The fourth-order valence-corrected chi connectivity index (χ4v) is 14.3. The van der Waals surface area contributed by atoms with E-state index in [1.807, 2.05) is 11.3 Å². The number of thiophene rings is 1. The Balaban J connectivity index is 1.38. The molecule has 0 N–H and O–H groups in total. The second-order valence-corrected chi connectivity index (χ2v) is 16.7. The largest absolute Gasteiger partial charge is 0.210 e. The molecular formula is C42H30NSSi+. The number of nitrogens with zero attached hydrogens (tertiary/aromatic N) is 1. The van der Waals surface area contributed by atoms with Crippen molar-refractivity contribution in [2.75, 3.05) is 0 Å². The highest BCUT2D eigenvalue weighted by atomic mass is 32.1. The Bertz CT molecular complexity index is 2260. The van der Waals surface area contributed by atoms with Gasteiger partial charge in [-0.15, -0.1) is 11.3 Å². The minimum Gasteiger partial charge on any atom is -0.194 e. The maximum absolute atomic E-state index is 2.80. The third kappa shape index (κ3) is 3.94. The molecule has 1 aliphatic rings. The summed E-state index contributed by atoms with van der Waals surface area (Å²) in [5.41, 5.74) is 5.39. The van der Waals surface area contributed by atoms with Gasteiger partial charge in [0.15, 0.2) is 20.5 Å². The molecule has 0 spiro atoms. The third-order valence-electron chi connectivity index (χ3n) is 9.58. The predicted octanol–water partition coefficient (Wildman–Crippen LogP) is 7.34. The first-order valence-corrected chi connectivity index (χ1v) is 18.4. The van der Waals surface area contributed by atoms with Crippen LogP contribution in [-0.2, 0) is 0 Å². The average molecular weight is 609 g/mol. The molecule has 0 bridgehead atoms. The monoisotopic (exact) mass is 608 g/mol. The van der Waals surface area contributed by atoms with Gasteiger partial charge in [-0.1, -0.05) is 152 Å². The van der Waals surface area contributed by atoms with Crippen molar-refractivity contribution in [1.82, 2.24) is 0 Å². The Morgan fingerprint density at radius 2 is 1.02 bits per heavy atom. The van der Waals surface area contributed by atoms with Crippen molar-refractivity contribution in [3.05, 3.63) is 187 Å². The molecule has 0 radical (unpaired) electrons. The summed E-state index contributed by atoms with van der Waals surface area (Å²) in [4.78, 5) is 0. The van der Waals surface area contributed by atoms with Crippen LogP contribution in [-0.4, -0.2) is 8.07 Å². The molecule has 6 aromatic carbocycles. The fraction of sp³-hybridized carbons (Fsp3) is 0.0238. The minimum absolute atomic E-state index is 0.121. The lowest BCUT2D eigenvalue weighted by molar-refractivity contribution is -0.703. The van der Waals surface area contributed by atoms with E-state index in [1.165, 1.54) is 63.2 Å². The molecule has 0 aliphatic heterocycles. The van der Waals surface area contributed by atoms with Crippen LogP contribution in [0.3, 0.4) is 0 Å². The maximum Gasteiger partial charge on any atom is 0.210 e. The molecule has 0 atom stereocenters. The van der Waals surface area contributed by atoms with Crippen molar-refractivity contribution in [3.63, 3.8) is 0 Å². The highest BCUT2D eigenvalue weighted by molar-refractivity contribution is 7.30. The zero-order chi connectivity index (χ0) is 29.8. The molecule has 2 heterocycles. The molecular weight excluding hydrogens is 579 g/mol. The summed E-state index contributed by atoms with van der Waals surface area (Å²) in [6.07, 6.45) is 4.74. The summed E-state index contributed by atoms with van der Waals surface area (Å²) in [7, 11) is -2.80. The quantitative estimate of drug-likeness (QED) is 0.109. The van der Waals surface area contributed by atoms with Crippen molar-refractivity contribution < 1.29 is 4.57 Å². The molecule has 1 nitrogen and oxygen atoms in total. The zero-order valence-corrected chi connectivity index (χ0v) is 26.5. The van der Waals surface area contributed by atoms with E-state index in [0.717, 1.165) is 0 Å². The SMILES string of the molecule is c1ccc([Si](c2ccccc2)(c2ccc[n+](C3c4ccccc4-c4ccccc43)c2)c2cccc3c2sc2ccccc23)cc1. The van der Waals surface area contributed by atoms with Gasteiger partial charge >= 0.3 is 0 Å². The number of fused-ring (bicyclic) bond motifs is 6. The van der Waals surface area contributed by atoms with Crippen molar-refractivity contribution in [3.8, 4) is 11.1 Å². The molecule has 0 amide bonds. The van der Waals surface area contributed by atoms with Gasteiger partial charge in [0.1, 0.15) is 0 Å². The Morgan fingerprint density at radius 3 is 1.71 bits per heavy atom. The van der Waals surface area contributed by atoms with Crippen molar-refractivity contribution >= 4 is 60.3 Å². The molecule has 45 heavy (non-hydrogen) atoms. The first-order valence-electron chi connectivity index (χ1n) is 15.6. The van der Waals surface area contributed by atoms with E-state index < -0.39 is 8.07 Å². The smallest absolute Gasteiger partial charge is 0.194 e. The molecule has 0 unspecified atom stereocenters. The van der Waals surface area contributed by atoms with E-state index in [-0.39, 0.29) is 6.04 Å². The van der Waals surface area contributed by atoms with Gasteiger partial charge in [0, 0.05) is 42.6 Å². The van der Waals surface area contributed by atoms with Crippen LogP contribution in [0.5, 0.6) is 0 Å². The highest BCUT2D eigenvalue weighted by Crippen LogP contribution is 2.42. The Morgan fingerprint density at radius 1 is 0.467 bits per heavy atom. The molecule has 0 saturated carbocycles. The van der Waals surface area contributed by atoms with E-state index >= 15 is 0 Å². The number of pyridine rings is 1. The topological polar surface area (TPSA) is 3.88 Å². The molecule has 0 saturated heterocycles. The van der Waals surface area contributed by atoms with E-state index in [0.29, 0.717) is 0 Å². The van der Waals surface area contributed by atoms with Gasteiger partial charge in [-0.25, -0.2) is 0 Å². The summed E-state index contributed by atoms with van der Waals surface area (Å²) in [5.74, 6) is 0. The fourth-order valence-electron chi connectivity index (χ4n) is 7.71. The van der Waals surface area contributed by atoms with Crippen molar-refractivity contribution in [1.29, 1.82) is 0 Å². The lowest BCUT2D eigenvalue weighted by atomic mass is 10.1. The summed E-state index contributed by atoms with van der Waals surface area (Å²) < 4.78 is 5.20. The molecule has 2 aromatic heterocycles. The van der Waals surface area contributed by atoms with E-state index in [1.54, 1.807) is 0 Å². The Hall–Kier alpha value is -5.09. The lowest BCUT2D eigenvalue weighted by Gasteiger charge is -2.34. The number of aromatic nitrogens is 1. The second kappa shape index (κ2) is 10.5. The van der Waals surface area contributed by atoms with E-state index in [2.05, 4.69) is 181 Å². The van der Waals surface area contributed by atoms with Crippen molar-refractivity contribution in [2.24, 2.45) is 0 Å². The van der Waals surface area contributed by atoms with Gasteiger partial charge < -0.3 is 0 Å². The molecule has 1 aliphatic carbocycles. The van der Waals surface area contributed by atoms with Crippen LogP contribution in [0.25, 0.3) is 31.3 Å². The lowest BCUT2D eigenvalue weighted by Crippen LogP contribution is -2.75. The normalized spacial score (nSPS) is 12.8. The summed E-state index contributed by atoms with van der Waals surface area (Å²) in [6.45, 7) is 0. The van der Waals surface area contributed by atoms with Crippen LogP contribution < -0.4 is 25.3 Å². The van der Waals surface area contributed by atoms with Gasteiger partial charge in [-0.05, 0) is 32.8 Å². The molecule has 3 heteroatoms. The Labute approximate surface area is 268 Å².